The summed E-state index contributed by atoms with van der Waals surface area (Å²) in [6, 6.07) is 6.74. The monoisotopic (exact) mass is 452 g/mol. The molecule has 2 aliphatic heterocycles. The summed E-state index contributed by atoms with van der Waals surface area (Å²) in [5.41, 5.74) is 7.47. The number of nitrogens with zero attached hydrogens (tertiary/aromatic N) is 1. The third-order valence-corrected chi connectivity index (χ3v) is 6.96. The van der Waals surface area contributed by atoms with Gasteiger partial charge in [0.15, 0.2) is 0 Å². The smallest absolute Gasteiger partial charge is 0.225 e. The average molecular weight is 453 g/mol. The van der Waals surface area contributed by atoms with E-state index >= 15 is 0 Å². The summed E-state index contributed by atoms with van der Waals surface area (Å²) < 4.78 is 13.2. The van der Waals surface area contributed by atoms with Crippen molar-refractivity contribution < 1.29 is 14.0 Å². The number of likely N-dealkylation sites (tertiary alicyclic amines) is 1. The Kier molecular flexibility index (Phi) is 5.99. The van der Waals surface area contributed by atoms with Gasteiger partial charge in [-0.15, -0.1) is 0 Å². The Balaban J connectivity index is 1.29. The number of hydrogen-bond donors (Lipinski definition) is 3. The predicted octanol–water partition coefficient (Wildman–Crippen LogP) is 1.70. The van der Waals surface area contributed by atoms with Gasteiger partial charge in [-0.05, 0) is 43.4 Å². The van der Waals surface area contributed by atoms with Crippen molar-refractivity contribution in [2.75, 3.05) is 13.1 Å². The Morgan fingerprint density at radius 1 is 1.32 bits per heavy atom. The van der Waals surface area contributed by atoms with E-state index < -0.39 is 0 Å². The lowest BCUT2D eigenvalue weighted by Gasteiger charge is -2.34. The van der Waals surface area contributed by atoms with Gasteiger partial charge in [-0.1, -0.05) is 28.1 Å². The topological polar surface area (TPSA) is 73.5 Å². The number of fused-ring (bicyclic) bond motifs is 1. The van der Waals surface area contributed by atoms with Crippen LogP contribution in [0.25, 0.3) is 0 Å². The van der Waals surface area contributed by atoms with Crippen molar-refractivity contribution in [2.24, 2.45) is 11.8 Å². The molecule has 3 fully saturated rings. The molecule has 5 unspecified atom stereocenters. The van der Waals surface area contributed by atoms with E-state index in [0.717, 1.165) is 24.8 Å². The molecule has 1 aliphatic carbocycles. The molecular formula is C20H26BrFN4O2. The highest BCUT2D eigenvalue weighted by Gasteiger charge is 2.47. The molecule has 4 rings (SSSR count). The van der Waals surface area contributed by atoms with Crippen LogP contribution in [-0.2, 0) is 16.0 Å². The number of hydrazine groups is 1. The lowest BCUT2D eigenvalue weighted by Crippen LogP contribution is -2.48. The third-order valence-electron chi connectivity index (χ3n) is 6.13. The Labute approximate surface area is 172 Å². The molecule has 0 spiro atoms. The molecule has 2 heterocycles. The molecule has 152 valence electrons. The maximum absolute atomic E-state index is 13.2. The number of rotatable bonds is 5. The molecule has 3 aliphatic rings. The molecule has 1 saturated carbocycles. The van der Waals surface area contributed by atoms with E-state index in [1.165, 1.54) is 12.1 Å². The number of amides is 2. The average Bonchev–Trinajstić information content (AvgIpc) is 3.24. The van der Waals surface area contributed by atoms with E-state index in [2.05, 4.69) is 32.1 Å². The first-order chi connectivity index (χ1) is 13.5. The van der Waals surface area contributed by atoms with Gasteiger partial charge in [-0.2, -0.15) is 0 Å². The van der Waals surface area contributed by atoms with Crippen LogP contribution >= 0.6 is 15.9 Å². The van der Waals surface area contributed by atoms with Gasteiger partial charge >= 0.3 is 0 Å². The highest BCUT2D eigenvalue weighted by Crippen LogP contribution is 2.36. The molecule has 0 aromatic heterocycles. The Morgan fingerprint density at radius 3 is 3.00 bits per heavy atom. The van der Waals surface area contributed by atoms with Gasteiger partial charge in [0.1, 0.15) is 5.82 Å². The second-order valence-electron chi connectivity index (χ2n) is 8.03. The summed E-state index contributed by atoms with van der Waals surface area (Å²) in [6.45, 7) is 0.887. The highest BCUT2D eigenvalue weighted by atomic mass is 79.9. The third kappa shape index (κ3) is 4.23. The van der Waals surface area contributed by atoms with Gasteiger partial charge in [-0.25, -0.2) is 9.82 Å². The maximum Gasteiger partial charge on any atom is 0.225 e. The molecule has 0 bridgehead atoms. The fourth-order valence-corrected chi connectivity index (χ4v) is 5.31. The highest BCUT2D eigenvalue weighted by molar-refractivity contribution is 9.09. The summed E-state index contributed by atoms with van der Waals surface area (Å²) in [4.78, 5) is 27.5. The van der Waals surface area contributed by atoms with E-state index in [4.69, 9.17) is 0 Å². The van der Waals surface area contributed by atoms with Crippen molar-refractivity contribution in [3.63, 3.8) is 0 Å². The van der Waals surface area contributed by atoms with Gasteiger partial charge in [0, 0.05) is 36.3 Å². The molecule has 0 radical (unpaired) electrons. The van der Waals surface area contributed by atoms with Crippen molar-refractivity contribution in [1.29, 1.82) is 0 Å². The molecule has 1 aromatic carbocycles. The van der Waals surface area contributed by atoms with Crippen LogP contribution < -0.4 is 16.2 Å². The van der Waals surface area contributed by atoms with Crippen molar-refractivity contribution in [1.82, 2.24) is 21.1 Å². The van der Waals surface area contributed by atoms with Crippen LogP contribution in [0.15, 0.2) is 24.3 Å². The van der Waals surface area contributed by atoms with Crippen LogP contribution in [0.5, 0.6) is 0 Å². The van der Waals surface area contributed by atoms with Crippen molar-refractivity contribution >= 4 is 27.7 Å². The van der Waals surface area contributed by atoms with Gasteiger partial charge in [0.25, 0.3) is 0 Å². The summed E-state index contributed by atoms with van der Waals surface area (Å²) in [5, 5.41) is 2.90. The van der Waals surface area contributed by atoms with E-state index in [0.29, 0.717) is 36.3 Å². The molecule has 2 amide bonds. The minimum atomic E-state index is -0.326. The molecule has 5 atom stereocenters. The lowest BCUT2D eigenvalue weighted by molar-refractivity contribution is -0.131. The first-order valence-electron chi connectivity index (χ1n) is 9.98. The van der Waals surface area contributed by atoms with E-state index in [-0.39, 0.29) is 36.1 Å². The maximum atomic E-state index is 13.2. The van der Waals surface area contributed by atoms with Gasteiger partial charge in [0.2, 0.25) is 11.8 Å². The molecular weight excluding hydrogens is 427 g/mol. The van der Waals surface area contributed by atoms with Crippen molar-refractivity contribution in [3.8, 4) is 0 Å². The fourth-order valence-electron chi connectivity index (χ4n) is 4.64. The SMILES string of the molecule is O=C(NCCc1cccc(F)c1)C1CC(=O)N(C2NNC3CC(Br)CCC32)C1. The Hall–Kier alpha value is -1.51. The number of hydrogen-bond acceptors (Lipinski definition) is 4. The number of halogens is 2. The second kappa shape index (κ2) is 8.47. The molecule has 1 aromatic rings. The van der Waals surface area contributed by atoms with Crippen LogP contribution in [0.3, 0.4) is 0 Å². The van der Waals surface area contributed by atoms with Gasteiger partial charge in [0.05, 0.1) is 12.1 Å². The number of alkyl halides is 1. The van der Waals surface area contributed by atoms with Gasteiger partial charge in [-0.3, -0.25) is 15.0 Å². The zero-order chi connectivity index (χ0) is 19.7. The van der Waals surface area contributed by atoms with Crippen LogP contribution in [0.1, 0.15) is 31.2 Å². The normalized spacial score (nSPS) is 32.4. The first kappa shape index (κ1) is 19.8. The number of carbonyl (C=O) groups is 2. The number of carbonyl (C=O) groups excluding carboxylic acids is 2. The zero-order valence-electron chi connectivity index (χ0n) is 15.7. The Bertz CT molecular complexity index is 749. The predicted molar refractivity (Wildman–Crippen MR) is 107 cm³/mol. The number of benzene rings is 1. The summed E-state index contributed by atoms with van der Waals surface area (Å²) in [6.07, 6.45) is 3.98. The zero-order valence-corrected chi connectivity index (χ0v) is 17.3. The first-order valence-corrected chi connectivity index (χ1v) is 10.9. The second-order valence-corrected chi connectivity index (χ2v) is 9.33. The Morgan fingerprint density at radius 2 is 2.18 bits per heavy atom. The van der Waals surface area contributed by atoms with Crippen molar-refractivity contribution in [3.05, 3.63) is 35.6 Å². The molecule has 3 N–H and O–H groups in total. The largest absolute Gasteiger partial charge is 0.355 e. The lowest BCUT2D eigenvalue weighted by atomic mass is 9.84. The minimum Gasteiger partial charge on any atom is -0.355 e. The molecule has 6 nitrogen and oxygen atoms in total. The summed E-state index contributed by atoms with van der Waals surface area (Å²) in [5.74, 6) is -0.281. The van der Waals surface area contributed by atoms with Crippen LogP contribution in [0.4, 0.5) is 4.39 Å². The number of nitrogens with one attached hydrogen (secondary N) is 3. The van der Waals surface area contributed by atoms with Crippen LogP contribution in [0.2, 0.25) is 0 Å². The summed E-state index contributed by atoms with van der Waals surface area (Å²) >= 11 is 3.69. The molecule has 2 saturated heterocycles. The van der Waals surface area contributed by atoms with Crippen LogP contribution in [-0.4, -0.2) is 46.8 Å². The van der Waals surface area contributed by atoms with E-state index in [9.17, 15) is 14.0 Å². The minimum absolute atomic E-state index is 0.0335. The molecule has 8 heteroatoms. The standard InChI is InChI=1S/C20H26BrFN4O2/c21-14-4-5-16-17(10-14)24-25-19(16)26-11-13(9-18(26)27)20(28)23-7-6-12-2-1-3-15(22)8-12/h1-3,8,13-14,16-17,19,24-25H,4-7,9-11H2,(H,23,28). The van der Waals surface area contributed by atoms with Crippen LogP contribution in [0, 0.1) is 17.7 Å². The van der Waals surface area contributed by atoms with E-state index in [1.54, 1.807) is 6.07 Å². The molecule has 28 heavy (non-hydrogen) atoms. The fraction of sp³-hybridized carbons (Fsp3) is 0.600. The van der Waals surface area contributed by atoms with E-state index in [1.807, 2.05) is 11.0 Å². The quantitative estimate of drug-likeness (QED) is 0.594. The van der Waals surface area contributed by atoms with Crippen molar-refractivity contribution in [2.45, 2.75) is 49.1 Å². The van der Waals surface area contributed by atoms with Gasteiger partial charge < -0.3 is 10.2 Å². The summed E-state index contributed by atoms with van der Waals surface area (Å²) in [7, 11) is 0.